The van der Waals surface area contributed by atoms with E-state index in [1.807, 2.05) is 37.3 Å². The zero-order valence-corrected chi connectivity index (χ0v) is 16.5. The molecule has 0 saturated carbocycles. The standard InChI is InChI=1S/C21H22ClN3O3/c1-14(19-11-15-5-3-4-6-18(15)28-19)23-20(26)12-25(2)13-21(27)24-17-9-7-16(22)8-10-17/h3-11,14H,12-13H2,1-2H3,(H,23,26)(H,24,27)/p+1/t14-/m0/s1. The van der Waals surface area contributed by atoms with Crippen molar-refractivity contribution in [1.82, 2.24) is 5.32 Å². The minimum atomic E-state index is -0.254. The first-order chi connectivity index (χ1) is 13.4. The second kappa shape index (κ2) is 8.91. The smallest absolute Gasteiger partial charge is 0.279 e. The predicted molar refractivity (Wildman–Crippen MR) is 109 cm³/mol. The number of rotatable bonds is 7. The highest BCUT2D eigenvalue weighted by molar-refractivity contribution is 6.30. The van der Waals surface area contributed by atoms with E-state index in [4.69, 9.17) is 16.0 Å². The normalized spacial score (nSPS) is 13.1. The van der Waals surface area contributed by atoms with Crippen LogP contribution in [-0.2, 0) is 9.59 Å². The monoisotopic (exact) mass is 400 g/mol. The first kappa shape index (κ1) is 19.9. The van der Waals surface area contributed by atoms with Gasteiger partial charge in [-0.25, -0.2) is 0 Å². The van der Waals surface area contributed by atoms with Crippen LogP contribution < -0.4 is 15.5 Å². The number of quaternary nitrogens is 1. The van der Waals surface area contributed by atoms with E-state index in [2.05, 4.69) is 10.6 Å². The van der Waals surface area contributed by atoms with Crippen LogP contribution in [0.3, 0.4) is 0 Å². The lowest BCUT2D eigenvalue weighted by Crippen LogP contribution is -3.11. The SMILES string of the molecule is C[C@H](NC(=O)C[NH+](C)CC(=O)Nc1ccc(Cl)cc1)c1cc2ccccc2o1. The summed E-state index contributed by atoms with van der Waals surface area (Å²) in [5.74, 6) is 0.385. The van der Waals surface area contributed by atoms with E-state index < -0.39 is 0 Å². The molecule has 3 rings (SSSR count). The van der Waals surface area contributed by atoms with Crippen LogP contribution in [0.5, 0.6) is 0 Å². The molecule has 2 amide bonds. The molecule has 1 unspecified atom stereocenters. The summed E-state index contributed by atoms with van der Waals surface area (Å²) in [6.07, 6.45) is 0. The topological polar surface area (TPSA) is 75.8 Å². The molecule has 1 aromatic heterocycles. The molecule has 3 N–H and O–H groups in total. The molecule has 7 heteroatoms. The Labute approximate surface area is 168 Å². The summed E-state index contributed by atoms with van der Waals surface area (Å²) in [4.78, 5) is 25.2. The number of likely N-dealkylation sites (N-methyl/N-ethyl adjacent to an activating group) is 1. The third-order valence-electron chi connectivity index (χ3n) is 4.30. The van der Waals surface area contributed by atoms with Crippen molar-refractivity contribution in [3.05, 3.63) is 65.4 Å². The number of amides is 2. The van der Waals surface area contributed by atoms with Gasteiger partial charge in [0.1, 0.15) is 11.3 Å². The number of anilines is 1. The highest BCUT2D eigenvalue weighted by atomic mass is 35.5. The summed E-state index contributed by atoms with van der Waals surface area (Å²) in [6, 6.07) is 16.3. The molecule has 2 aromatic carbocycles. The van der Waals surface area contributed by atoms with Gasteiger partial charge >= 0.3 is 0 Å². The minimum Gasteiger partial charge on any atom is -0.459 e. The third kappa shape index (κ3) is 5.34. The number of para-hydroxylation sites is 1. The molecule has 0 aliphatic heterocycles. The number of nitrogens with one attached hydrogen (secondary N) is 3. The molecule has 3 aromatic rings. The van der Waals surface area contributed by atoms with Gasteiger partial charge in [-0.05, 0) is 43.3 Å². The summed E-state index contributed by atoms with van der Waals surface area (Å²) < 4.78 is 5.78. The molecule has 0 fully saturated rings. The van der Waals surface area contributed by atoms with Gasteiger partial charge in [-0.2, -0.15) is 0 Å². The maximum absolute atomic E-state index is 12.3. The first-order valence-electron chi connectivity index (χ1n) is 9.05. The molecule has 0 radical (unpaired) electrons. The van der Waals surface area contributed by atoms with E-state index in [1.165, 1.54) is 0 Å². The van der Waals surface area contributed by atoms with Crippen molar-refractivity contribution in [2.75, 3.05) is 25.5 Å². The van der Waals surface area contributed by atoms with E-state index in [1.54, 1.807) is 31.3 Å². The van der Waals surface area contributed by atoms with Crippen LogP contribution in [0.4, 0.5) is 5.69 Å². The van der Waals surface area contributed by atoms with Gasteiger partial charge in [-0.1, -0.05) is 29.8 Å². The molecular weight excluding hydrogens is 378 g/mol. The van der Waals surface area contributed by atoms with Crippen LogP contribution in [0.2, 0.25) is 5.02 Å². The second-order valence-corrected chi connectivity index (χ2v) is 7.28. The Bertz CT molecular complexity index is 935. The maximum Gasteiger partial charge on any atom is 0.279 e. The summed E-state index contributed by atoms with van der Waals surface area (Å²) >= 11 is 5.83. The van der Waals surface area contributed by atoms with E-state index in [0.717, 1.165) is 15.9 Å². The van der Waals surface area contributed by atoms with Gasteiger partial charge in [0, 0.05) is 16.1 Å². The van der Waals surface area contributed by atoms with Crippen molar-refractivity contribution >= 4 is 40.1 Å². The molecule has 0 aliphatic carbocycles. The second-order valence-electron chi connectivity index (χ2n) is 6.84. The Hall–Kier alpha value is -2.83. The molecule has 1 heterocycles. The fraction of sp³-hybridized carbons (Fsp3) is 0.238. The Balaban J connectivity index is 1.48. The number of hydrogen-bond acceptors (Lipinski definition) is 3. The summed E-state index contributed by atoms with van der Waals surface area (Å²) in [7, 11) is 1.80. The molecule has 2 atom stereocenters. The van der Waals surface area contributed by atoms with Crippen molar-refractivity contribution in [3.8, 4) is 0 Å². The summed E-state index contributed by atoms with van der Waals surface area (Å²) in [5, 5.41) is 7.31. The Morgan fingerprint density at radius 2 is 1.75 bits per heavy atom. The lowest BCUT2D eigenvalue weighted by Gasteiger charge is -2.16. The van der Waals surface area contributed by atoms with E-state index >= 15 is 0 Å². The van der Waals surface area contributed by atoms with Gasteiger partial charge in [-0.15, -0.1) is 0 Å². The number of halogens is 1. The molecule has 0 aliphatic rings. The number of hydrogen-bond donors (Lipinski definition) is 3. The molecular formula is C21H23ClN3O3+. The lowest BCUT2D eigenvalue weighted by molar-refractivity contribution is -0.862. The van der Waals surface area contributed by atoms with Gasteiger partial charge in [0.05, 0.1) is 13.1 Å². The van der Waals surface area contributed by atoms with Crippen molar-refractivity contribution in [1.29, 1.82) is 0 Å². The van der Waals surface area contributed by atoms with Crippen LogP contribution in [0.25, 0.3) is 11.0 Å². The van der Waals surface area contributed by atoms with Crippen LogP contribution in [0.1, 0.15) is 18.7 Å². The quantitative estimate of drug-likeness (QED) is 0.570. The van der Waals surface area contributed by atoms with Crippen LogP contribution in [0, 0.1) is 0 Å². The molecule has 0 saturated heterocycles. The fourth-order valence-corrected chi connectivity index (χ4v) is 3.05. The van der Waals surface area contributed by atoms with E-state index in [-0.39, 0.29) is 30.9 Å². The number of carbonyl (C=O) groups is 2. The summed E-state index contributed by atoms with van der Waals surface area (Å²) in [6.45, 7) is 2.23. The molecule has 146 valence electrons. The molecule has 6 nitrogen and oxygen atoms in total. The predicted octanol–water partition coefficient (Wildman–Crippen LogP) is 2.42. The average molecular weight is 401 g/mol. The average Bonchev–Trinajstić information content (AvgIpc) is 3.07. The number of fused-ring (bicyclic) bond motifs is 1. The van der Waals surface area contributed by atoms with Crippen molar-refractivity contribution in [2.24, 2.45) is 0 Å². The zero-order chi connectivity index (χ0) is 20.1. The minimum absolute atomic E-state index is 0.148. The third-order valence-corrected chi connectivity index (χ3v) is 4.55. The zero-order valence-electron chi connectivity index (χ0n) is 15.8. The van der Waals surface area contributed by atoms with E-state index in [9.17, 15) is 9.59 Å². The molecule has 0 bridgehead atoms. The van der Waals surface area contributed by atoms with Gasteiger partial charge < -0.3 is 20.0 Å². The van der Waals surface area contributed by atoms with Gasteiger partial charge in [0.2, 0.25) is 0 Å². The lowest BCUT2D eigenvalue weighted by atomic mass is 10.2. The number of carbonyl (C=O) groups excluding carboxylic acids is 2. The largest absolute Gasteiger partial charge is 0.459 e. The van der Waals surface area contributed by atoms with Gasteiger partial charge in [-0.3, -0.25) is 9.59 Å². The number of benzene rings is 2. The van der Waals surface area contributed by atoms with Crippen molar-refractivity contribution < 1.29 is 18.9 Å². The Kier molecular flexibility index (Phi) is 6.34. The fourth-order valence-electron chi connectivity index (χ4n) is 2.93. The highest BCUT2D eigenvalue weighted by Crippen LogP contribution is 2.23. The number of furan rings is 1. The van der Waals surface area contributed by atoms with Crippen molar-refractivity contribution in [3.63, 3.8) is 0 Å². The highest BCUT2D eigenvalue weighted by Gasteiger charge is 2.18. The maximum atomic E-state index is 12.3. The summed E-state index contributed by atoms with van der Waals surface area (Å²) in [5.41, 5.74) is 1.46. The van der Waals surface area contributed by atoms with Crippen molar-refractivity contribution in [2.45, 2.75) is 13.0 Å². The first-order valence-corrected chi connectivity index (χ1v) is 9.43. The van der Waals surface area contributed by atoms with Crippen LogP contribution in [0.15, 0.2) is 59.0 Å². The van der Waals surface area contributed by atoms with Gasteiger partial charge in [0.15, 0.2) is 13.1 Å². The van der Waals surface area contributed by atoms with E-state index in [0.29, 0.717) is 16.5 Å². The molecule has 28 heavy (non-hydrogen) atoms. The van der Waals surface area contributed by atoms with Crippen LogP contribution in [-0.4, -0.2) is 32.0 Å². The van der Waals surface area contributed by atoms with Gasteiger partial charge in [0.25, 0.3) is 11.8 Å². The Morgan fingerprint density at radius 3 is 2.46 bits per heavy atom. The molecule has 0 spiro atoms. The van der Waals surface area contributed by atoms with Crippen LogP contribution >= 0.6 is 11.6 Å². The Morgan fingerprint density at radius 1 is 1.07 bits per heavy atom.